The van der Waals surface area contributed by atoms with Gasteiger partial charge in [-0.3, -0.25) is 0 Å². The van der Waals surface area contributed by atoms with Crippen LogP contribution in [0.2, 0.25) is 0 Å². The maximum Gasteiger partial charge on any atom is 0.267 e. The first-order valence-corrected chi connectivity index (χ1v) is 4.93. The number of alkyl halides is 2. The molecule has 1 N–H and O–H groups in total. The van der Waals surface area contributed by atoms with Gasteiger partial charge in [0.2, 0.25) is 0 Å². The van der Waals surface area contributed by atoms with E-state index >= 15 is 0 Å². The predicted octanol–water partition coefficient (Wildman–Crippen LogP) is 2.54. The van der Waals surface area contributed by atoms with Crippen molar-refractivity contribution >= 4 is 0 Å². The highest BCUT2D eigenvalue weighted by atomic mass is 19.3. The van der Waals surface area contributed by atoms with Crippen LogP contribution in [0, 0.1) is 5.82 Å². The molecule has 1 saturated heterocycles. The minimum atomic E-state index is -2.74. The van der Waals surface area contributed by atoms with Crippen molar-refractivity contribution in [1.29, 1.82) is 0 Å². The van der Waals surface area contributed by atoms with E-state index in [0.29, 0.717) is 18.5 Å². The van der Waals surface area contributed by atoms with Crippen molar-refractivity contribution < 1.29 is 13.2 Å². The second kappa shape index (κ2) is 3.85. The Balaban J connectivity index is 2.25. The summed E-state index contributed by atoms with van der Waals surface area (Å²) in [7, 11) is 0. The van der Waals surface area contributed by atoms with E-state index in [-0.39, 0.29) is 6.54 Å². The Kier molecular flexibility index (Phi) is 2.69. The lowest BCUT2D eigenvalue weighted by atomic mass is 9.87. The van der Waals surface area contributed by atoms with Crippen LogP contribution in [-0.2, 0) is 0 Å². The Bertz CT molecular complexity index is 334. The second-order valence-electron chi connectivity index (χ2n) is 3.83. The molecule has 4 heteroatoms. The van der Waals surface area contributed by atoms with Crippen molar-refractivity contribution in [2.45, 2.75) is 18.3 Å². The molecule has 0 amide bonds. The zero-order valence-corrected chi connectivity index (χ0v) is 8.14. The number of rotatable bonds is 1. The summed E-state index contributed by atoms with van der Waals surface area (Å²) in [5, 5.41) is 2.66. The van der Waals surface area contributed by atoms with E-state index in [9.17, 15) is 13.2 Å². The van der Waals surface area contributed by atoms with Crippen molar-refractivity contribution in [2.75, 3.05) is 13.1 Å². The van der Waals surface area contributed by atoms with Gasteiger partial charge >= 0.3 is 0 Å². The van der Waals surface area contributed by atoms with Crippen LogP contribution >= 0.6 is 0 Å². The summed E-state index contributed by atoms with van der Waals surface area (Å²) in [5.41, 5.74) is 0.517. The normalized spacial score (nSPS) is 25.1. The molecule has 0 aliphatic carbocycles. The molecule has 0 spiro atoms. The molecule has 1 heterocycles. The van der Waals surface area contributed by atoms with Crippen LogP contribution in [0.5, 0.6) is 0 Å². The summed E-state index contributed by atoms with van der Waals surface area (Å²) in [6.45, 7) is 0.284. The molecule has 1 aromatic carbocycles. The lowest BCUT2D eigenvalue weighted by Crippen LogP contribution is -2.44. The van der Waals surface area contributed by atoms with Gasteiger partial charge in [-0.05, 0) is 30.7 Å². The SMILES string of the molecule is Fc1ccc(C2CCNCC2(F)F)cc1. The first kappa shape index (κ1) is 10.5. The van der Waals surface area contributed by atoms with Gasteiger partial charge in [-0.1, -0.05) is 12.1 Å². The molecular formula is C11H12F3N. The van der Waals surface area contributed by atoms with Gasteiger partial charge in [-0.15, -0.1) is 0 Å². The molecule has 1 aromatic rings. The van der Waals surface area contributed by atoms with Crippen molar-refractivity contribution in [1.82, 2.24) is 5.32 Å². The van der Waals surface area contributed by atoms with Gasteiger partial charge < -0.3 is 5.32 Å². The Morgan fingerprint density at radius 2 is 1.87 bits per heavy atom. The molecule has 0 aromatic heterocycles. The fraction of sp³-hybridized carbons (Fsp3) is 0.455. The number of nitrogens with one attached hydrogen (secondary N) is 1. The Morgan fingerprint density at radius 3 is 2.47 bits per heavy atom. The molecule has 2 rings (SSSR count). The zero-order chi connectivity index (χ0) is 10.9. The highest BCUT2D eigenvalue weighted by Crippen LogP contribution is 2.37. The molecule has 15 heavy (non-hydrogen) atoms. The summed E-state index contributed by atoms with van der Waals surface area (Å²) >= 11 is 0. The predicted molar refractivity (Wildman–Crippen MR) is 51.6 cm³/mol. The minimum absolute atomic E-state index is 0.297. The van der Waals surface area contributed by atoms with E-state index in [1.54, 1.807) is 0 Å². The Morgan fingerprint density at radius 1 is 1.20 bits per heavy atom. The zero-order valence-electron chi connectivity index (χ0n) is 8.14. The van der Waals surface area contributed by atoms with Gasteiger partial charge in [0, 0.05) is 0 Å². The minimum Gasteiger partial charge on any atom is -0.311 e. The van der Waals surface area contributed by atoms with Crippen LogP contribution in [0.1, 0.15) is 17.9 Å². The molecule has 1 aliphatic rings. The molecule has 1 aliphatic heterocycles. The number of hydrogen-bond acceptors (Lipinski definition) is 1. The van der Waals surface area contributed by atoms with E-state index in [1.165, 1.54) is 24.3 Å². The molecule has 0 bridgehead atoms. The van der Waals surface area contributed by atoms with Gasteiger partial charge in [0.05, 0.1) is 12.5 Å². The van der Waals surface area contributed by atoms with Gasteiger partial charge in [0.15, 0.2) is 0 Å². The van der Waals surface area contributed by atoms with E-state index in [0.717, 1.165) is 0 Å². The van der Waals surface area contributed by atoms with Gasteiger partial charge in [0.25, 0.3) is 5.92 Å². The van der Waals surface area contributed by atoms with Crippen molar-refractivity contribution in [3.8, 4) is 0 Å². The Hall–Kier alpha value is -1.03. The van der Waals surface area contributed by atoms with Crippen molar-refractivity contribution in [3.63, 3.8) is 0 Å². The third kappa shape index (κ3) is 2.15. The third-order valence-corrected chi connectivity index (χ3v) is 2.75. The fourth-order valence-corrected chi connectivity index (χ4v) is 1.94. The summed E-state index contributed by atoms with van der Waals surface area (Å²) in [6.07, 6.45) is 0.388. The van der Waals surface area contributed by atoms with Crippen LogP contribution in [0.15, 0.2) is 24.3 Å². The smallest absolute Gasteiger partial charge is 0.267 e. The first-order chi connectivity index (χ1) is 7.09. The standard InChI is InChI=1S/C11H12F3N/c12-9-3-1-8(2-4-9)10-5-6-15-7-11(10,13)14/h1-4,10,15H,5-7H2. The molecule has 1 unspecified atom stereocenters. The lowest BCUT2D eigenvalue weighted by Gasteiger charge is -2.32. The van der Waals surface area contributed by atoms with Crippen LogP contribution in [0.3, 0.4) is 0 Å². The number of halogens is 3. The summed E-state index contributed by atoms with van der Waals surface area (Å²) in [5.74, 6) is -3.92. The molecule has 0 radical (unpaired) electrons. The number of hydrogen-bond donors (Lipinski definition) is 1. The molecule has 82 valence electrons. The summed E-state index contributed by atoms with van der Waals surface area (Å²) in [6, 6.07) is 5.35. The van der Waals surface area contributed by atoms with E-state index in [2.05, 4.69) is 5.32 Å². The van der Waals surface area contributed by atoms with Crippen molar-refractivity contribution in [2.24, 2.45) is 0 Å². The number of piperidine rings is 1. The highest BCUT2D eigenvalue weighted by Gasteiger charge is 2.42. The summed E-state index contributed by atoms with van der Waals surface area (Å²) < 4.78 is 39.6. The summed E-state index contributed by atoms with van der Waals surface area (Å²) in [4.78, 5) is 0. The van der Waals surface area contributed by atoms with E-state index < -0.39 is 17.7 Å². The van der Waals surface area contributed by atoms with Crippen LogP contribution in [0.4, 0.5) is 13.2 Å². The van der Waals surface area contributed by atoms with Crippen LogP contribution in [-0.4, -0.2) is 19.0 Å². The highest BCUT2D eigenvalue weighted by molar-refractivity contribution is 5.23. The average Bonchev–Trinajstić information content (AvgIpc) is 2.19. The first-order valence-electron chi connectivity index (χ1n) is 4.93. The van der Waals surface area contributed by atoms with E-state index in [4.69, 9.17) is 0 Å². The van der Waals surface area contributed by atoms with Gasteiger partial charge in [-0.2, -0.15) is 0 Å². The van der Waals surface area contributed by atoms with Crippen molar-refractivity contribution in [3.05, 3.63) is 35.6 Å². The van der Waals surface area contributed by atoms with Crippen LogP contribution in [0.25, 0.3) is 0 Å². The van der Waals surface area contributed by atoms with Crippen LogP contribution < -0.4 is 5.32 Å². The van der Waals surface area contributed by atoms with E-state index in [1.807, 2.05) is 0 Å². The lowest BCUT2D eigenvalue weighted by molar-refractivity contribution is -0.0420. The molecule has 1 atom stereocenters. The molecule has 0 saturated carbocycles. The second-order valence-corrected chi connectivity index (χ2v) is 3.83. The maximum absolute atomic E-state index is 13.5. The monoisotopic (exact) mass is 215 g/mol. The average molecular weight is 215 g/mol. The van der Waals surface area contributed by atoms with Gasteiger partial charge in [-0.25, -0.2) is 13.2 Å². The fourth-order valence-electron chi connectivity index (χ4n) is 1.94. The molecule has 1 fully saturated rings. The number of benzene rings is 1. The topological polar surface area (TPSA) is 12.0 Å². The largest absolute Gasteiger partial charge is 0.311 e. The Labute approximate surface area is 86.3 Å². The quantitative estimate of drug-likeness (QED) is 0.759. The maximum atomic E-state index is 13.5. The molecule has 1 nitrogen and oxygen atoms in total. The van der Waals surface area contributed by atoms with Gasteiger partial charge in [0.1, 0.15) is 5.82 Å². The third-order valence-electron chi connectivity index (χ3n) is 2.75. The molecular weight excluding hydrogens is 203 g/mol.